The number of nitrogens with one attached hydrogen (secondary N) is 1. The summed E-state index contributed by atoms with van der Waals surface area (Å²) < 4.78 is 0.834. The fourth-order valence-corrected chi connectivity index (χ4v) is 2.76. The van der Waals surface area contributed by atoms with Crippen LogP contribution in [0.3, 0.4) is 0 Å². The monoisotopic (exact) mass is 362 g/mol. The molecular formula is C12H15BrN2O4S. The fraction of sp³-hybridized carbons (Fsp3) is 0.417. The van der Waals surface area contributed by atoms with Crippen LogP contribution in [0.2, 0.25) is 0 Å². The van der Waals surface area contributed by atoms with E-state index >= 15 is 0 Å². The number of thiophene rings is 1. The summed E-state index contributed by atoms with van der Waals surface area (Å²) in [6.07, 6.45) is -0.124. The molecule has 0 aliphatic carbocycles. The van der Waals surface area contributed by atoms with Crippen molar-refractivity contribution in [3.63, 3.8) is 0 Å². The Labute approximate surface area is 128 Å². The zero-order chi connectivity index (χ0) is 15.3. The maximum absolute atomic E-state index is 11.9. The number of aliphatic carboxylic acids is 1. The molecule has 1 aromatic heterocycles. The average molecular weight is 363 g/mol. The lowest BCUT2D eigenvalue weighted by atomic mass is 10.2. The zero-order valence-electron chi connectivity index (χ0n) is 11.1. The molecule has 0 saturated carbocycles. The topological polar surface area (TPSA) is 86.7 Å². The lowest BCUT2D eigenvalue weighted by molar-refractivity contribution is -0.138. The molecule has 0 radical (unpaired) electrons. The Morgan fingerprint density at radius 3 is 2.60 bits per heavy atom. The smallest absolute Gasteiger partial charge is 0.305 e. The number of carboxylic acids is 1. The molecule has 0 spiro atoms. The lowest BCUT2D eigenvalue weighted by Gasteiger charge is -2.21. The molecule has 1 atom stereocenters. The van der Waals surface area contributed by atoms with Crippen LogP contribution in [-0.2, 0) is 9.59 Å². The molecular weight excluding hydrogens is 348 g/mol. The molecule has 110 valence electrons. The molecule has 1 aromatic rings. The predicted molar refractivity (Wildman–Crippen MR) is 78.8 cm³/mol. The van der Waals surface area contributed by atoms with E-state index in [2.05, 4.69) is 21.2 Å². The standard InChI is InChI=1S/C12H15BrN2O4S/c1-7(12(19)15(2)6-5-10(16)17)14-11(18)8-3-4-9(13)20-8/h3-4,7H,5-6H2,1-2H3,(H,14,18)(H,16,17). The summed E-state index contributed by atoms with van der Waals surface area (Å²) in [6, 6.07) is 2.71. The first kappa shape index (κ1) is 16.6. The summed E-state index contributed by atoms with van der Waals surface area (Å²) in [7, 11) is 1.51. The Balaban J connectivity index is 2.52. The van der Waals surface area contributed by atoms with Crippen molar-refractivity contribution >= 4 is 45.1 Å². The van der Waals surface area contributed by atoms with Gasteiger partial charge in [0, 0.05) is 13.6 Å². The molecule has 0 bridgehead atoms. The highest BCUT2D eigenvalue weighted by Crippen LogP contribution is 2.21. The van der Waals surface area contributed by atoms with Crippen LogP contribution in [0.1, 0.15) is 23.0 Å². The summed E-state index contributed by atoms with van der Waals surface area (Å²) in [5.74, 6) is -1.62. The summed E-state index contributed by atoms with van der Waals surface area (Å²) in [6.45, 7) is 1.68. The third-order valence-electron chi connectivity index (χ3n) is 2.55. The van der Waals surface area contributed by atoms with Crippen LogP contribution in [0.5, 0.6) is 0 Å². The quantitative estimate of drug-likeness (QED) is 0.803. The molecule has 6 nitrogen and oxygen atoms in total. The van der Waals surface area contributed by atoms with Crippen molar-refractivity contribution in [2.75, 3.05) is 13.6 Å². The number of likely N-dealkylation sites (N-methyl/N-ethyl adjacent to an activating group) is 1. The molecule has 2 N–H and O–H groups in total. The number of nitrogens with zero attached hydrogens (tertiary/aromatic N) is 1. The van der Waals surface area contributed by atoms with Crippen LogP contribution in [0.25, 0.3) is 0 Å². The number of rotatable bonds is 6. The van der Waals surface area contributed by atoms with Crippen molar-refractivity contribution < 1.29 is 19.5 Å². The second kappa shape index (κ2) is 7.39. The van der Waals surface area contributed by atoms with Gasteiger partial charge in [0.25, 0.3) is 5.91 Å². The highest BCUT2D eigenvalue weighted by atomic mass is 79.9. The van der Waals surface area contributed by atoms with Gasteiger partial charge in [-0.2, -0.15) is 0 Å². The number of amides is 2. The van der Waals surface area contributed by atoms with E-state index in [0.29, 0.717) is 4.88 Å². The maximum Gasteiger partial charge on any atom is 0.305 e. The highest BCUT2D eigenvalue weighted by Gasteiger charge is 2.21. The minimum Gasteiger partial charge on any atom is -0.481 e. The molecule has 0 fully saturated rings. The number of carboxylic acid groups (broad SMARTS) is 1. The van der Waals surface area contributed by atoms with Crippen LogP contribution in [-0.4, -0.2) is 47.4 Å². The van der Waals surface area contributed by atoms with Crippen molar-refractivity contribution in [1.29, 1.82) is 0 Å². The molecule has 8 heteroatoms. The van der Waals surface area contributed by atoms with Crippen LogP contribution in [0, 0.1) is 0 Å². The number of hydrogen-bond acceptors (Lipinski definition) is 4. The second-order valence-electron chi connectivity index (χ2n) is 4.20. The first-order valence-corrected chi connectivity index (χ1v) is 7.45. The van der Waals surface area contributed by atoms with Gasteiger partial charge in [0.2, 0.25) is 5.91 Å². The SMILES string of the molecule is CC(NC(=O)c1ccc(Br)s1)C(=O)N(C)CCC(=O)O. The van der Waals surface area contributed by atoms with Gasteiger partial charge in [-0.1, -0.05) is 0 Å². The van der Waals surface area contributed by atoms with E-state index in [4.69, 9.17) is 5.11 Å². The van der Waals surface area contributed by atoms with Crippen LogP contribution in [0.4, 0.5) is 0 Å². The predicted octanol–water partition coefficient (Wildman–Crippen LogP) is 1.56. The fourth-order valence-electron chi connectivity index (χ4n) is 1.47. The van der Waals surface area contributed by atoms with Gasteiger partial charge in [0.05, 0.1) is 15.1 Å². The average Bonchev–Trinajstić information content (AvgIpc) is 2.81. The molecule has 20 heavy (non-hydrogen) atoms. The molecule has 0 saturated heterocycles. The molecule has 0 aromatic carbocycles. The molecule has 0 aliphatic heterocycles. The third kappa shape index (κ3) is 4.93. The molecule has 0 aliphatic rings. The van der Waals surface area contributed by atoms with Gasteiger partial charge in [-0.3, -0.25) is 14.4 Å². The van der Waals surface area contributed by atoms with Gasteiger partial charge in [0.15, 0.2) is 0 Å². The van der Waals surface area contributed by atoms with E-state index in [1.807, 2.05) is 0 Å². The van der Waals surface area contributed by atoms with Crippen molar-refractivity contribution in [1.82, 2.24) is 10.2 Å². The van der Waals surface area contributed by atoms with Gasteiger partial charge >= 0.3 is 5.97 Å². The van der Waals surface area contributed by atoms with Crippen LogP contribution < -0.4 is 5.32 Å². The first-order chi connectivity index (χ1) is 9.31. The molecule has 1 unspecified atom stereocenters. The number of carbonyl (C=O) groups excluding carboxylic acids is 2. The Kier molecular flexibility index (Phi) is 6.15. The van der Waals surface area contributed by atoms with Gasteiger partial charge < -0.3 is 15.3 Å². The Hall–Kier alpha value is -1.41. The number of carbonyl (C=O) groups is 3. The number of halogens is 1. The Morgan fingerprint density at radius 1 is 1.45 bits per heavy atom. The minimum atomic E-state index is -0.968. The summed E-state index contributed by atoms with van der Waals surface area (Å²) in [5, 5.41) is 11.2. The zero-order valence-corrected chi connectivity index (χ0v) is 13.5. The lowest BCUT2D eigenvalue weighted by Crippen LogP contribution is -2.45. The summed E-state index contributed by atoms with van der Waals surface area (Å²) in [4.78, 5) is 36.1. The second-order valence-corrected chi connectivity index (χ2v) is 6.67. The van der Waals surface area contributed by atoms with Crippen molar-refractivity contribution in [2.45, 2.75) is 19.4 Å². The van der Waals surface area contributed by atoms with Gasteiger partial charge in [-0.05, 0) is 35.0 Å². The van der Waals surface area contributed by atoms with Crippen LogP contribution in [0.15, 0.2) is 15.9 Å². The van der Waals surface area contributed by atoms with Crippen molar-refractivity contribution in [2.24, 2.45) is 0 Å². The van der Waals surface area contributed by atoms with E-state index in [1.165, 1.54) is 23.3 Å². The van der Waals surface area contributed by atoms with E-state index < -0.39 is 12.0 Å². The molecule has 2 amide bonds. The third-order valence-corrected chi connectivity index (χ3v) is 4.17. The van der Waals surface area contributed by atoms with Crippen molar-refractivity contribution in [3.05, 3.63) is 20.8 Å². The van der Waals surface area contributed by atoms with E-state index in [9.17, 15) is 14.4 Å². The summed E-state index contributed by atoms with van der Waals surface area (Å²) >= 11 is 4.53. The summed E-state index contributed by atoms with van der Waals surface area (Å²) in [5.41, 5.74) is 0. The van der Waals surface area contributed by atoms with Gasteiger partial charge in [-0.15, -0.1) is 11.3 Å². The van der Waals surface area contributed by atoms with E-state index in [-0.39, 0.29) is 24.8 Å². The largest absolute Gasteiger partial charge is 0.481 e. The molecule has 1 rings (SSSR count). The maximum atomic E-state index is 11.9. The Morgan fingerprint density at radius 2 is 2.10 bits per heavy atom. The first-order valence-electron chi connectivity index (χ1n) is 5.84. The normalized spacial score (nSPS) is 11.8. The Bertz CT molecular complexity index is 517. The van der Waals surface area contributed by atoms with Crippen molar-refractivity contribution in [3.8, 4) is 0 Å². The highest BCUT2D eigenvalue weighted by molar-refractivity contribution is 9.11. The molecule has 1 heterocycles. The van der Waals surface area contributed by atoms with E-state index in [0.717, 1.165) is 3.79 Å². The number of hydrogen-bond donors (Lipinski definition) is 2. The minimum absolute atomic E-state index is 0.110. The van der Waals surface area contributed by atoms with Crippen LogP contribution >= 0.6 is 27.3 Å². The van der Waals surface area contributed by atoms with E-state index in [1.54, 1.807) is 19.1 Å². The van der Waals surface area contributed by atoms with Gasteiger partial charge in [-0.25, -0.2) is 0 Å². The van der Waals surface area contributed by atoms with Gasteiger partial charge in [0.1, 0.15) is 6.04 Å².